The highest BCUT2D eigenvalue weighted by Gasteiger charge is 2.41. The molecule has 1 aromatic carbocycles. The summed E-state index contributed by atoms with van der Waals surface area (Å²) < 4.78 is 5.15. The molecule has 3 rings (SSSR count). The van der Waals surface area contributed by atoms with E-state index in [-0.39, 0.29) is 24.4 Å². The third-order valence-corrected chi connectivity index (χ3v) is 5.49. The number of carbonyl (C=O) groups excluding carboxylic acids is 3. The van der Waals surface area contributed by atoms with Crippen LogP contribution in [0, 0.1) is 17.8 Å². The zero-order chi connectivity index (χ0) is 18.0. The summed E-state index contributed by atoms with van der Waals surface area (Å²) in [7, 11) is 0. The lowest BCUT2D eigenvalue weighted by molar-refractivity contribution is -0.155. The van der Waals surface area contributed by atoms with Crippen molar-refractivity contribution in [2.45, 2.75) is 32.1 Å². The molecule has 2 aliphatic carbocycles. The van der Waals surface area contributed by atoms with Gasteiger partial charge in [0.05, 0.1) is 16.6 Å². The molecule has 3 atom stereocenters. The Bertz CT molecular complexity index is 690. The molecule has 25 heavy (non-hydrogen) atoms. The lowest BCUT2D eigenvalue weighted by Gasteiger charge is -2.36. The van der Waals surface area contributed by atoms with E-state index in [1.165, 1.54) is 6.07 Å². The topological polar surface area (TPSA) is 72.5 Å². The van der Waals surface area contributed by atoms with Crippen LogP contribution in [0.5, 0.6) is 0 Å². The first-order chi connectivity index (χ1) is 11.9. The van der Waals surface area contributed by atoms with Crippen molar-refractivity contribution in [3.8, 4) is 0 Å². The van der Waals surface area contributed by atoms with Gasteiger partial charge in [-0.25, -0.2) is 0 Å². The van der Waals surface area contributed by atoms with E-state index in [4.69, 9.17) is 27.9 Å². The van der Waals surface area contributed by atoms with Crippen molar-refractivity contribution >= 4 is 46.5 Å². The number of nitrogens with one attached hydrogen (secondary N) is 1. The first kappa shape index (κ1) is 18.2. The molecular formula is C18H19Cl2NO4. The normalized spacial score (nSPS) is 25.4. The van der Waals surface area contributed by atoms with Crippen molar-refractivity contribution in [3.05, 3.63) is 28.2 Å². The summed E-state index contributed by atoms with van der Waals surface area (Å²) >= 11 is 11.8. The predicted octanol–water partition coefficient (Wildman–Crippen LogP) is 3.87. The van der Waals surface area contributed by atoms with Gasteiger partial charge in [-0.2, -0.15) is 0 Å². The minimum absolute atomic E-state index is 0.0239. The van der Waals surface area contributed by atoms with Gasteiger partial charge >= 0.3 is 5.97 Å². The van der Waals surface area contributed by atoms with Crippen molar-refractivity contribution in [1.29, 1.82) is 0 Å². The predicted molar refractivity (Wildman–Crippen MR) is 94.6 cm³/mol. The van der Waals surface area contributed by atoms with Crippen LogP contribution in [0.4, 0.5) is 5.69 Å². The summed E-state index contributed by atoms with van der Waals surface area (Å²) in [5.74, 6) is -0.936. The number of benzene rings is 1. The molecule has 1 N–H and O–H groups in total. The molecule has 2 saturated carbocycles. The molecule has 2 bridgehead atoms. The zero-order valence-electron chi connectivity index (χ0n) is 13.6. The Balaban J connectivity index is 1.51. The third-order valence-electron chi connectivity index (χ3n) is 4.93. The van der Waals surface area contributed by atoms with Crippen LogP contribution in [0.3, 0.4) is 0 Å². The number of halogens is 2. The van der Waals surface area contributed by atoms with Crippen LogP contribution in [-0.4, -0.2) is 24.3 Å². The Kier molecular flexibility index (Phi) is 5.64. The molecule has 0 aliphatic heterocycles. The third kappa shape index (κ3) is 4.33. The number of anilines is 1. The number of amides is 1. The monoisotopic (exact) mass is 383 g/mol. The Morgan fingerprint density at radius 3 is 2.52 bits per heavy atom. The standard InChI is InChI=1S/C18H19Cl2NO4/c19-13-4-5-14(20)15(8-13)21-16(22)9-25-18(24)12-6-10-2-1-3-11(7-12)17(10)23/h4-5,8,10-12H,1-3,6-7,9H2,(H,21,22)/t10-,11+,12?. The van der Waals surface area contributed by atoms with Gasteiger partial charge < -0.3 is 10.1 Å². The maximum absolute atomic E-state index is 12.3. The number of hydrogen-bond donors (Lipinski definition) is 1. The molecule has 0 spiro atoms. The Labute approximate surface area is 156 Å². The van der Waals surface area contributed by atoms with E-state index in [1.807, 2.05) is 0 Å². The van der Waals surface area contributed by atoms with E-state index in [0.717, 1.165) is 19.3 Å². The van der Waals surface area contributed by atoms with E-state index in [0.29, 0.717) is 34.4 Å². The van der Waals surface area contributed by atoms with Crippen molar-refractivity contribution < 1.29 is 19.1 Å². The van der Waals surface area contributed by atoms with E-state index in [9.17, 15) is 14.4 Å². The second-order valence-electron chi connectivity index (χ2n) is 6.68. The Morgan fingerprint density at radius 2 is 1.84 bits per heavy atom. The minimum atomic E-state index is -0.482. The van der Waals surface area contributed by atoms with Crippen LogP contribution >= 0.6 is 23.2 Å². The van der Waals surface area contributed by atoms with Crippen molar-refractivity contribution in [1.82, 2.24) is 0 Å². The number of fused-ring (bicyclic) bond motifs is 2. The lowest BCUT2D eigenvalue weighted by atomic mass is 9.67. The average molecular weight is 384 g/mol. The highest BCUT2D eigenvalue weighted by atomic mass is 35.5. The molecule has 0 saturated heterocycles. The van der Waals surface area contributed by atoms with Crippen LogP contribution in [-0.2, 0) is 19.1 Å². The molecule has 0 radical (unpaired) electrons. The number of hydrogen-bond acceptors (Lipinski definition) is 4. The largest absolute Gasteiger partial charge is 0.455 e. The van der Waals surface area contributed by atoms with Crippen LogP contribution < -0.4 is 5.32 Å². The first-order valence-electron chi connectivity index (χ1n) is 8.39. The highest BCUT2D eigenvalue weighted by Crippen LogP contribution is 2.40. The summed E-state index contributed by atoms with van der Waals surface area (Å²) in [5.41, 5.74) is 0.369. The number of esters is 1. The fourth-order valence-corrected chi connectivity index (χ4v) is 4.04. The molecule has 0 heterocycles. The van der Waals surface area contributed by atoms with E-state index in [2.05, 4.69) is 5.32 Å². The number of ketones is 1. The number of carbonyl (C=O) groups is 3. The molecule has 1 amide bonds. The summed E-state index contributed by atoms with van der Waals surface area (Å²) in [6, 6.07) is 4.71. The molecule has 0 aromatic heterocycles. The maximum Gasteiger partial charge on any atom is 0.309 e. The van der Waals surface area contributed by atoms with Gasteiger partial charge in [-0.1, -0.05) is 29.6 Å². The number of ether oxygens (including phenoxy) is 1. The van der Waals surface area contributed by atoms with Crippen molar-refractivity contribution in [2.24, 2.45) is 17.8 Å². The van der Waals surface area contributed by atoms with Gasteiger partial charge in [0.25, 0.3) is 5.91 Å². The van der Waals surface area contributed by atoms with Crippen molar-refractivity contribution in [3.63, 3.8) is 0 Å². The summed E-state index contributed by atoms with van der Waals surface area (Å²) in [4.78, 5) is 36.3. The Hall–Kier alpha value is -1.59. The van der Waals surface area contributed by atoms with Crippen molar-refractivity contribution in [2.75, 3.05) is 11.9 Å². The molecule has 1 unspecified atom stereocenters. The fourth-order valence-electron chi connectivity index (χ4n) is 3.71. The summed E-state index contributed by atoms with van der Waals surface area (Å²) in [6.07, 6.45) is 3.83. The van der Waals surface area contributed by atoms with Gasteiger partial charge in [0, 0.05) is 16.9 Å². The van der Waals surface area contributed by atoms with Crippen LogP contribution in [0.1, 0.15) is 32.1 Å². The van der Waals surface area contributed by atoms with E-state index < -0.39 is 11.9 Å². The number of Topliss-reactive ketones (excluding diaryl/α,β-unsaturated/α-hetero) is 1. The molecule has 5 nitrogen and oxygen atoms in total. The van der Waals surface area contributed by atoms with Gasteiger partial charge in [-0.05, 0) is 43.9 Å². The van der Waals surface area contributed by atoms with E-state index in [1.54, 1.807) is 12.1 Å². The average Bonchev–Trinajstić information content (AvgIpc) is 2.56. The van der Waals surface area contributed by atoms with Gasteiger partial charge in [-0.15, -0.1) is 0 Å². The lowest BCUT2D eigenvalue weighted by Crippen LogP contribution is -2.40. The molecule has 7 heteroatoms. The summed E-state index contributed by atoms with van der Waals surface area (Å²) in [5, 5.41) is 3.36. The Morgan fingerprint density at radius 1 is 1.16 bits per heavy atom. The zero-order valence-corrected chi connectivity index (χ0v) is 15.1. The van der Waals surface area contributed by atoms with Crippen LogP contribution in [0.15, 0.2) is 18.2 Å². The SMILES string of the molecule is O=C(COC(=O)C1C[C@H]2CCC[C@@H](C1)C2=O)Nc1cc(Cl)ccc1Cl. The summed E-state index contributed by atoms with van der Waals surface area (Å²) in [6.45, 7) is -0.387. The van der Waals surface area contributed by atoms with Gasteiger partial charge in [0.15, 0.2) is 6.61 Å². The van der Waals surface area contributed by atoms with E-state index >= 15 is 0 Å². The molecule has 134 valence electrons. The molecular weight excluding hydrogens is 365 g/mol. The fraction of sp³-hybridized carbons (Fsp3) is 0.500. The maximum atomic E-state index is 12.3. The molecule has 2 aliphatic rings. The van der Waals surface area contributed by atoms with Gasteiger partial charge in [0.1, 0.15) is 5.78 Å². The second-order valence-corrected chi connectivity index (χ2v) is 7.52. The molecule has 2 fully saturated rings. The van der Waals surface area contributed by atoms with Gasteiger partial charge in [0.2, 0.25) is 0 Å². The van der Waals surface area contributed by atoms with Crippen LogP contribution in [0.25, 0.3) is 0 Å². The minimum Gasteiger partial charge on any atom is -0.455 e. The van der Waals surface area contributed by atoms with Gasteiger partial charge in [-0.3, -0.25) is 14.4 Å². The second kappa shape index (κ2) is 7.75. The first-order valence-corrected chi connectivity index (χ1v) is 9.15. The number of rotatable bonds is 4. The smallest absolute Gasteiger partial charge is 0.309 e. The molecule has 1 aromatic rings. The quantitative estimate of drug-likeness (QED) is 0.800. The highest BCUT2D eigenvalue weighted by molar-refractivity contribution is 6.35. The van der Waals surface area contributed by atoms with Crippen LogP contribution in [0.2, 0.25) is 10.0 Å².